The number of unbranched alkanes of at least 4 members (excludes halogenated alkanes) is 2. The first-order valence-electron chi connectivity index (χ1n) is 39.8. The molecule has 8 heterocycles. The number of azo groups is 2. The van der Waals surface area contributed by atoms with Gasteiger partial charge in [-0.1, -0.05) is 48.5 Å². The van der Waals surface area contributed by atoms with Gasteiger partial charge in [-0.3, -0.25) is 97.1 Å². The summed E-state index contributed by atoms with van der Waals surface area (Å²) < 4.78 is 0. The second-order valence-corrected chi connectivity index (χ2v) is 30.3. The smallest absolute Gasteiger partial charge is 0.320 e. The molecule has 0 bridgehead atoms. The van der Waals surface area contributed by atoms with Crippen molar-refractivity contribution in [3.63, 3.8) is 0 Å². The zero-order chi connectivity index (χ0) is 89.9. The second kappa shape index (κ2) is 47.7. The molecule has 2 aliphatic heterocycles. The van der Waals surface area contributed by atoms with Gasteiger partial charge in [0, 0.05) is 92.2 Å². The average molecular weight is 1750 g/mol. The summed E-state index contributed by atoms with van der Waals surface area (Å²) in [5, 5.41) is 76.7. The van der Waals surface area contributed by atoms with Crippen LogP contribution in [0.3, 0.4) is 0 Å². The molecule has 36 heteroatoms. The van der Waals surface area contributed by atoms with E-state index in [1.807, 2.05) is 182 Å². The van der Waals surface area contributed by atoms with E-state index in [1.54, 1.807) is 36.9 Å². The number of aliphatic carboxylic acids is 6. The molecule has 1 saturated heterocycles. The standard InChI is InChI=1S/C45H44N8O9S.C27H19N5S.C18H25N3O9/c54-40(48-22-6-3-10-38(45(61)62)52(27-42(56)57)28-43(58)59)11-7-23-53-41(55)26-39(44(53)60)63-33-18-16-32(17-19-33)51-50-31-14-12-29(13-15-31)30-24-36(34-8-1-4-20-46-34)49-37(25-30)35-9-2-5-21-47-35;33-23-13-11-22(12-14-23)32-31-21-9-7-19(8-10-21)20-17-26(24-5-1-3-15-28-24)30-27(18-20)25-6-2-4-16-29-25;22-13(5-3-9-21-14(23)6-7-15(21)24)19-8-2-1-4-12(18(29)30)20(10-16(25)26)11-17(27)28/h1-2,4-5,8-9,12-21,24-25,38-39H,3,6-7,10-11,22-23,26-28H2,(H,48,54)(H,56,57)(H,58,59)(H,61,62);1-18,33H;6-7,12H,1-5,8-11H2,(H,19,22)(H,25,26)(H,27,28)(H,29,30). The number of carboxylic acid groups (broad SMARTS) is 6. The number of carboxylic acids is 6. The fourth-order valence-corrected chi connectivity index (χ4v) is 14.3. The first-order valence-corrected chi connectivity index (χ1v) is 41.1. The Morgan fingerprint density at radius 1 is 0.413 bits per heavy atom. The molecule has 3 unspecified atom stereocenters. The van der Waals surface area contributed by atoms with E-state index in [1.165, 1.54) is 28.8 Å². The molecule has 10 aromatic rings. The monoisotopic (exact) mass is 1740 g/mol. The van der Waals surface area contributed by atoms with Crippen LogP contribution < -0.4 is 10.6 Å². The first-order chi connectivity index (χ1) is 60.8. The summed E-state index contributed by atoms with van der Waals surface area (Å²) in [7, 11) is 0. The second-order valence-electron chi connectivity index (χ2n) is 28.5. The van der Waals surface area contributed by atoms with Crippen LogP contribution in [-0.2, 0) is 57.5 Å². The third-order valence-corrected chi connectivity index (χ3v) is 20.7. The van der Waals surface area contributed by atoms with Crippen molar-refractivity contribution in [3.05, 3.63) is 231 Å². The molecule has 6 amide bonds. The summed E-state index contributed by atoms with van der Waals surface area (Å²) in [5.74, 6) is -10.0. The van der Waals surface area contributed by atoms with E-state index in [0.29, 0.717) is 43.5 Å². The number of amides is 6. The van der Waals surface area contributed by atoms with Crippen LogP contribution >= 0.6 is 24.4 Å². The van der Waals surface area contributed by atoms with Gasteiger partial charge in [0.1, 0.15) is 12.1 Å². The van der Waals surface area contributed by atoms with Gasteiger partial charge in [-0.2, -0.15) is 20.5 Å². The highest BCUT2D eigenvalue weighted by atomic mass is 32.2. The van der Waals surface area contributed by atoms with Crippen molar-refractivity contribution >= 4 is 118 Å². The van der Waals surface area contributed by atoms with Gasteiger partial charge in [0.25, 0.3) is 11.8 Å². The van der Waals surface area contributed by atoms with Crippen LogP contribution in [0.5, 0.6) is 0 Å². The number of thioether (sulfide) groups is 1. The highest BCUT2D eigenvalue weighted by Gasteiger charge is 2.39. The predicted molar refractivity (Wildman–Crippen MR) is 466 cm³/mol. The van der Waals surface area contributed by atoms with Gasteiger partial charge >= 0.3 is 35.8 Å². The van der Waals surface area contributed by atoms with Crippen molar-refractivity contribution < 1.29 is 88.2 Å². The molecule has 34 nitrogen and oxygen atoms in total. The van der Waals surface area contributed by atoms with Gasteiger partial charge in [-0.05, 0) is 219 Å². The number of benzene rings is 4. The summed E-state index contributed by atoms with van der Waals surface area (Å²) in [6.07, 6.45) is 11.6. The summed E-state index contributed by atoms with van der Waals surface area (Å²) in [6.45, 7) is -2.19. The summed E-state index contributed by atoms with van der Waals surface area (Å²) in [4.78, 5) is 173. The molecule has 8 N–H and O–H groups in total. The van der Waals surface area contributed by atoms with Crippen LogP contribution in [0.25, 0.3) is 67.8 Å². The Bertz CT molecular complexity index is 5390. The van der Waals surface area contributed by atoms with Crippen LogP contribution in [0.2, 0.25) is 0 Å². The number of aromatic nitrogens is 6. The number of imide groups is 2. The van der Waals surface area contributed by atoms with Crippen molar-refractivity contribution in [1.29, 1.82) is 0 Å². The maximum atomic E-state index is 13.1. The lowest BCUT2D eigenvalue weighted by atomic mass is 10.0. The fraction of sp³-hybridized carbons (Fsp3) is 0.244. The molecule has 0 radical (unpaired) electrons. The Labute approximate surface area is 732 Å². The Balaban J connectivity index is 0.000000220. The summed E-state index contributed by atoms with van der Waals surface area (Å²) >= 11 is 5.57. The zero-order valence-corrected chi connectivity index (χ0v) is 69.5. The molecule has 0 spiro atoms. The van der Waals surface area contributed by atoms with Crippen LogP contribution in [0.4, 0.5) is 22.7 Å². The van der Waals surface area contributed by atoms with Gasteiger partial charge in [0.05, 0.1) is 99.7 Å². The van der Waals surface area contributed by atoms with Crippen molar-refractivity contribution in [1.82, 2.24) is 60.1 Å². The third kappa shape index (κ3) is 29.6. The van der Waals surface area contributed by atoms with Crippen LogP contribution in [-0.4, -0.2) is 221 Å². The van der Waals surface area contributed by atoms with Crippen molar-refractivity contribution in [2.24, 2.45) is 20.5 Å². The van der Waals surface area contributed by atoms with Crippen molar-refractivity contribution in [3.8, 4) is 67.8 Å². The van der Waals surface area contributed by atoms with E-state index in [2.05, 4.69) is 63.7 Å². The van der Waals surface area contributed by atoms with E-state index in [0.717, 1.165) is 104 Å². The lowest BCUT2D eigenvalue weighted by Crippen LogP contribution is -2.46. The third-order valence-electron chi connectivity index (χ3n) is 19.2. The molecule has 12 rings (SSSR count). The minimum atomic E-state index is -1.34. The molecule has 4 aromatic carbocycles. The van der Waals surface area contributed by atoms with E-state index in [4.69, 9.17) is 30.4 Å². The van der Waals surface area contributed by atoms with Crippen molar-refractivity contribution in [2.75, 3.05) is 52.4 Å². The largest absolute Gasteiger partial charge is 0.480 e. The lowest BCUT2D eigenvalue weighted by molar-refractivity contribution is -0.152. The lowest BCUT2D eigenvalue weighted by Gasteiger charge is -2.25. The van der Waals surface area contributed by atoms with Crippen LogP contribution in [0, 0.1) is 0 Å². The number of nitrogens with one attached hydrogen (secondary N) is 2. The summed E-state index contributed by atoms with van der Waals surface area (Å²) in [6, 6.07) is 58.9. The number of carbonyl (C=O) groups is 12. The highest BCUT2D eigenvalue weighted by Crippen LogP contribution is 2.36. The zero-order valence-electron chi connectivity index (χ0n) is 67.8. The molecule has 648 valence electrons. The molecule has 0 aliphatic carbocycles. The van der Waals surface area contributed by atoms with Gasteiger partial charge in [-0.25, -0.2) is 9.97 Å². The number of rotatable bonds is 42. The Kier molecular flexibility index (Phi) is 35.5. The quantitative estimate of drug-likeness (QED) is 0.00742. The number of nitrogens with zero attached hydrogens (tertiary/aromatic N) is 14. The number of pyridine rings is 6. The fourth-order valence-electron chi connectivity index (χ4n) is 13.1. The minimum Gasteiger partial charge on any atom is -0.480 e. The molecule has 3 atom stereocenters. The summed E-state index contributed by atoms with van der Waals surface area (Å²) in [5.41, 5.74) is 13.0. The predicted octanol–water partition coefficient (Wildman–Crippen LogP) is 13.0. The Morgan fingerprint density at radius 3 is 1.07 bits per heavy atom. The SMILES string of the molecule is O=C(O)CN(CC(=O)O)C(CCCCNC(=O)CCCN1C(=O)C=CC1=O)C(=O)O.O=C(O)CN(CC(=O)O)C(CCCCNC(=O)CCCN1C(=O)CC(Sc2ccc(N=Nc3ccc(-c4cc(-c5ccccn5)nc(-c5ccccn5)c4)cc3)cc2)C1=O)C(=O)O.Sc1ccc(N=Nc2ccc(-c3cc(-c4ccccn4)nc(-c4ccccn4)c3)cc2)cc1. The minimum absolute atomic E-state index is 0.00525. The van der Waals surface area contributed by atoms with E-state index in [9.17, 15) is 67.7 Å². The molecule has 2 aliphatic rings. The molecule has 1 fully saturated rings. The average Bonchev–Trinajstić information content (AvgIpc) is 1.04. The van der Waals surface area contributed by atoms with Crippen LogP contribution in [0.15, 0.2) is 261 Å². The van der Waals surface area contributed by atoms with Gasteiger partial charge in [-0.15, -0.1) is 24.4 Å². The maximum Gasteiger partial charge on any atom is 0.320 e. The number of carbonyl (C=O) groups excluding carboxylic acids is 6. The first kappa shape index (κ1) is 93.6. The maximum absolute atomic E-state index is 13.1. The topological polar surface area (TPSA) is 490 Å². The number of hydrogen-bond donors (Lipinski definition) is 9. The van der Waals surface area contributed by atoms with Gasteiger partial charge in [0.2, 0.25) is 23.6 Å². The highest BCUT2D eigenvalue weighted by molar-refractivity contribution is 8.00. The van der Waals surface area contributed by atoms with Crippen LogP contribution in [0.1, 0.15) is 70.6 Å². The normalized spacial score (nSPS) is 13.4. The molecule has 6 aromatic heterocycles. The molecule has 126 heavy (non-hydrogen) atoms. The molecular weight excluding hydrogens is 1660 g/mol. The number of likely N-dealkylation sites (tertiary alicyclic amines) is 1. The Hall–Kier alpha value is -14.6. The number of hydrogen-bond acceptors (Lipinski definition) is 26. The van der Waals surface area contributed by atoms with Gasteiger partial charge < -0.3 is 41.3 Å². The van der Waals surface area contributed by atoms with E-state index in [-0.39, 0.29) is 88.3 Å². The van der Waals surface area contributed by atoms with Gasteiger partial charge in [0.15, 0.2) is 0 Å². The van der Waals surface area contributed by atoms with Crippen molar-refractivity contribution in [2.45, 2.75) is 97.8 Å². The molecule has 0 saturated carbocycles. The Morgan fingerprint density at radius 2 is 0.746 bits per heavy atom. The van der Waals surface area contributed by atoms with E-state index >= 15 is 0 Å². The molecular formula is C90H88N16O18S2. The van der Waals surface area contributed by atoms with E-state index < -0.39 is 91.1 Å². The number of thiol groups is 1.